The number of sulfone groups is 1. The van der Waals surface area contributed by atoms with Crippen molar-refractivity contribution in [3.05, 3.63) is 59.6 Å². The van der Waals surface area contributed by atoms with Gasteiger partial charge in [-0.25, -0.2) is 8.42 Å². The highest BCUT2D eigenvalue weighted by Gasteiger charge is 2.35. The molecule has 1 atom stereocenters. The molecule has 25 heavy (non-hydrogen) atoms. The number of anilines is 2. The molecule has 2 aromatic rings. The van der Waals surface area contributed by atoms with Gasteiger partial charge in [-0.3, -0.25) is 4.79 Å². The molecule has 0 aromatic heterocycles. The summed E-state index contributed by atoms with van der Waals surface area (Å²) in [5.74, 6) is -0.0471. The van der Waals surface area contributed by atoms with E-state index in [0.717, 1.165) is 5.69 Å². The number of benzene rings is 2. The summed E-state index contributed by atoms with van der Waals surface area (Å²) in [6.45, 7) is 0.0613. The average Bonchev–Trinajstić information content (AvgIpc) is 2.94. The molecule has 0 aliphatic carbocycles. The zero-order chi connectivity index (χ0) is 17.9. The molecule has 3 rings (SSSR count). The van der Waals surface area contributed by atoms with Crippen molar-refractivity contribution < 1.29 is 13.2 Å². The number of hydrogen-bond acceptors (Lipinski definition) is 4. The Balaban J connectivity index is 1.78. The van der Waals surface area contributed by atoms with Crippen LogP contribution in [-0.2, 0) is 14.6 Å². The highest BCUT2D eigenvalue weighted by atomic mass is 35.5. The van der Waals surface area contributed by atoms with Gasteiger partial charge in [-0.15, -0.1) is 0 Å². The lowest BCUT2D eigenvalue weighted by Gasteiger charge is -2.28. The Kier molecular flexibility index (Phi) is 5.30. The predicted octanol–water partition coefficient (Wildman–Crippen LogP) is 2.97. The molecule has 132 valence electrons. The molecule has 1 N–H and O–H groups in total. The van der Waals surface area contributed by atoms with Gasteiger partial charge in [0.15, 0.2) is 9.84 Å². The van der Waals surface area contributed by atoms with Gasteiger partial charge in [0.25, 0.3) is 0 Å². The van der Waals surface area contributed by atoms with E-state index in [1.165, 1.54) is 0 Å². The third-order valence-electron chi connectivity index (χ3n) is 4.14. The third-order valence-corrected chi connectivity index (χ3v) is 6.13. The van der Waals surface area contributed by atoms with E-state index >= 15 is 0 Å². The Morgan fingerprint density at radius 1 is 1.16 bits per heavy atom. The highest BCUT2D eigenvalue weighted by Crippen LogP contribution is 2.25. The van der Waals surface area contributed by atoms with Crippen molar-refractivity contribution in [1.29, 1.82) is 0 Å². The minimum Gasteiger partial charge on any atom is -0.376 e. The van der Waals surface area contributed by atoms with E-state index in [1.54, 1.807) is 23.1 Å². The molecule has 0 unspecified atom stereocenters. The topological polar surface area (TPSA) is 66.5 Å². The van der Waals surface area contributed by atoms with Crippen LogP contribution in [-0.4, -0.2) is 38.4 Å². The van der Waals surface area contributed by atoms with Gasteiger partial charge in [0.1, 0.15) is 0 Å². The molecule has 1 aliphatic rings. The van der Waals surface area contributed by atoms with E-state index in [-0.39, 0.29) is 30.0 Å². The zero-order valence-corrected chi connectivity index (χ0v) is 15.1. The predicted molar refractivity (Wildman–Crippen MR) is 101 cm³/mol. The lowest BCUT2D eigenvalue weighted by atomic mass is 10.1. The number of para-hydroxylation sites is 1. The van der Waals surface area contributed by atoms with Crippen molar-refractivity contribution in [3.8, 4) is 0 Å². The van der Waals surface area contributed by atoms with Gasteiger partial charge < -0.3 is 10.2 Å². The van der Waals surface area contributed by atoms with Crippen LogP contribution in [0.15, 0.2) is 54.6 Å². The number of carbonyl (C=O) groups is 1. The molecular weight excluding hydrogens is 360 g/mol. The molecule has 1 fully saturated rings. The second-order valence-corrected chi connectivity index (χ2v) is 8.69. The van der Waals surface area contributed by atoms with Crippen LogP contribution in [0.1, 0.15) is 6.42 Å². The van der Waals surface area contributed by atoms with Crippen molar-refractivity contribution >= 4 is 38.7 Å². The van der Waals surface area contributed by atoms with Gasteiger partial charge in [-0.1, -0.05) is 35.9 Å². The van der Waals surface area contributed by atoms with E-state index < -0.39 is 9.84 Å². The zero-order valence-electron chi connectivity index (χ0n) is 13.6. The quantitative estimate of drug-likeness (QED) is 0.868. The summed E-state index contributed by atoms with van der Waals surface area (Å²) in [7, 11) is -3.09. The SMILES string of the molecule is O=C(CNc1cccc(Cl)c1)N(c1ccccc1)[C@@H]1CCS(=O)(=O)C1. The standard InChI is InChI=1S/C18H19ClN2O3S/c19-14-5-4-6-15(11-14)20-12-18(22)21(16-7-2-1-3-8-16)17-9-10-25(23,24)13-17/h1-8,11,17,20H,9-10,12-13H2/t17-/m1/s1. The van der Waals surface area contributed by atoms with Crippen LogP contribution in [0.2, 0.25) is 5.02 Å². The Bertz CT molecular complexity index is 856. The summed E-state index contributed by atoms with van der Waals surface area (Å²) in [5.41, 5.74) is 1.45. The van der Waals surface area contributed by atoms with Crippen molar-refractivity contribution in [2.45, 2.75) is 12.5 Å². The Morgan fingerprint density at radius 2 is 1.92 bits per heavy atom. The van der Waals surface area contributed by atoms with Crippen molar-refractivity contribution in [2.24, 2.45) is 0 Å². The molecule has 1 saturated heterocycles. The maximum absolute atomic E-state index is 12.8. The Morgan fingerprint density at radius 3 is 2.56 bits per heavy atom. The number of hydrogen-bond donors (Lipinski definition) is 1. The van der Waals surface area contributed by atoms with Crippen molar-refractivity contribution in [3.63, 3.8) is 0 Å². The van der Waals surface area contributed by atoms with E-state index in [4.69, 9.17) is 11.6 Å². The van der Waals surface area contributed by atoms with Gasteiger partial charge in [-0.05, 0) is 36.8 Å². The highest BCUT2D eigenvalue weighted by molar-refractivity contribution is 7.91. The van der Waals surface area contributed by atoms with E-state index in [0.29, 0.717) is 17.1 Å². The third kappa shape index (κ3) is 4.52. The van der Waals surface area contributed by atoms with Crippen LogP contribution in [0.4, 0.5) is 11.4 Å². The van der Waals surface area contributed by atoms with Crippen LogP contribution in [0.3, 0.4) is 0 Å². The number of nitrogens with one attached hydrogen (secondary N) is 1. The van der Waals surface area contributed by atoms with Gasteiger partial charge in [0.2, 0.25) is 5.91 Å². The maximum Gasteiger partial charge on any atom is 0.246 e. The minimum atomic E-state index is -3.09. The summed E-state index contributed by atoms with van der Waals surface area (Å²) in [6, 6.07) is 16.0. The molecule has 2 aromatic carbocycles. The number of carbonyl (C=O) groups excluding carboxylic acids is 1. The van der Waals surface area contributed by atoms with Crippen molar-refractivity contribution in [1.82, 2.24) is 0 Å². The summed E-state index contributed by atoms with van der Waals surface area (Å²) in [4.78, 5) is 14.4. The summed E-state index contributed by atoms with van der Waals surface area (Å²) in [6.07, 6.45) is 0.458. The average molecular weight is 379 g/mol. The second-order valence-electron chi connectivity index (χ2n) is 6.02. The number of amides is 1. The number of rotatable bonds is 5. The number of halogens is 1. The molecule has 1 aliphatic heterocycles. The molecule has 1 amide bonds. The summed E-state index contributed by atoms with van der Waals surface area (Å²) < 4.78 is 23.7. The largest absolute Gasteiger partial charge is 0.376 e. The monoisotopic (exact) mass is 378 g/mol. The maximum atomic E-state index is 12.8. The fourth-order valence-electron chi connectivity index (χ4n) is 2.99. The molecular formula is C18H19ClN2O3S. The molecule has 0 saturated carbocycles. The Labute approximate surface area is 152 Å². The molecule has 5 nitrogen and oxygen atoms in total. The lowest BCUT2D eigenvalue weighted by molar-refractivity contribution is -0.117. The summed E-state index contributed by atoms with van der Waals surface area (Å²) in [5, 5.41) is 3.64. The second kappa shape index (κ2) is 7.45. The van der Waals surface area contributed by atoms with Gasteiger partial charge in [0, 0.05) is 16.4 Å². The van der Waals surface area contributed by atoms with Gasteiger partial charge >= 0.3 is 0 Å². The van der Waals surface area contributed by atoms with Crippen LogP contribution in [0.25, 0.3) is 0 Å². The smallest absolute Gasteiger partial charge is 0.246 e. The molecule has 1 heterocycles. The van der Waals surface area contributed by atoms with E-state index in [9.17, 15) is 13.2 Å². The minimum absolute atomic E-state index is 0.00476. The van der Waals surface area contributed by atoms with Crippen LogP contribution < -0.4 is 10.2 Å². The van der Waals surface area contributed by atoms with Crippen LogP contribution in [0, 0.1) is 0 Å². The molecule has 0 bridgehead atoms. The molecule has 0 spiro atoms. The molecule has 7 heteroatoms. The first-order valence-corrected chi connectivity index (χ1v) is 10.2. The molecule has 0 radical (unpaired) electrons. The van der Waals surface area contributed by atoms with Crippen LogP contribution in [0.5, 0.6) is 0 Å². The van der Waals surface area contributed by atoms with Crippen molar-refractivity contribution in [2.75, 3.05) is 28.3 Å². The first-order valence-electron chi connectivity index (χ1n) is 8.01. The van der Waals surface area contributed by atoms with Gasteiger partial charge in [-0.2, -0.15) is 0 Å². The first kappa shape index (κ1) is 17.8. The van der Waals surface area contributed by atoms with Gasteiger partial charge in [0.05, 0.1) is 24.1 Å². The fraction of sp³-hybridized carbons (Fsp3) is 0.278. The normalized spacial score (nSPS) is 18.7. The number of nitrogens with zero attached hydrogens (tertiary/aromatic N) is 1. The Hall–Kier alpha value is -2.05. The summed E-state index contributed by atoms with van der Waals surface area (Å²) >= 11 is 5.95. The fourth-order valence-corrected chi connectivity index (χ4v) is 4.88. The first-order chi connectivity index (χ1) is 11.9. The van der Waals surface area contributed by atoms with Crippen LogP contribution >= 0.6 is 11.6 Å². The van der Waals surface area contributed by atoms with E-state index in [2.05, 4.69) is 5.32 Å². The lowest BCUT2D eigenvalue weighted by Crippen LogP contribution is -2.44. The van der Waals surface area contributed by atoms with E-state index in [1.807, 2.05) is 36.4 Å².